The number of rotatable bonds is 8. The summed E-state index contributed by atoms with van der Waals surface area (Å²) in [5.74, 6) is 0.0865. The molecule has 2 N–H and O–H groups in total. The van der Waals surface area contributed by atoms with Gasteiger partial charge in [0.25, 0.3) is 5.91 Å². The Hall–Kier alpha value is -1.14. The highest BCUT2D eigenvalue weighted by Gasteiger charge is 2.27. The van der Waals surface area contributed by atoms with Crippen molar-refractivity contribution < 1.29 is 9.53 Å². The number of carbonyl (C=O) groups excluding carboxylic acids is 1. The first-order valence-electron chi connectivity index (χ1n) is 8.60. The number of amides is 1. The first kappa shape index (κ1) is 20.9. The maximum Gasteiger partial charge on any atom is 0.253 e. The minimum absolute atomic E-state index is 0. The molecule has 1 aliphatic rings. The number of halogens is 1. The molecule has 1 fully saturated rings. The summed E-state index contributed by atoms with van der Waals surface area (Å²) in [6.07, 6.45) is 1.09. The summed E-state index contributed by atoms with van der Waals surface area (Å²) in [5, 5.41) is 0. The molecule has 1 atom stereocenters. The highest BCUT2D eigenvalue weighted by molar-refractivity contribution is 5.94. The van der Waals surface area contributed by atoms with Crippen molar-refractivity contribution in [3.63, 3.8) is 0 Å². The van der Waals surface area contributed by atoms with Gasteiger partial charge in [0.2, 0.25) is 0 Å². The van der Waals surface area contributed by atoms with Gasteiger partial charge in [0.15, 0.2) is 0 Å². The molecular weight excluding hydrogens is 326 g/mol. The zero-order valence-electron chi connectivity index (χ0n) is 14.7. The maximum atomic E-state index is 12.5. The van der Waals surface area contributed by atoms with Crippen LogP contribution in [0.4, 0.5) is 0 Å². The van der Waals surface area contributed by atoms with Gasteiger partial charge in [-0.25, -0.2) is 0 Å². The van der Waals surface area contributed by atoms with E-state index in [4.69, 9.17) is 10.5 Å². The molecule has 0 spiro atoms. The van der Waals surface area contributed by atoms with Gasteiger partial charge in [0.1, 0.15) is 0 Å². The number of carbonyl (C=O) groups is 1. The molecule has 0 saturated carbocycles. The lowest BCUT2D eigenvalue weighted by molar-refractivity contribution is 0.0420. The standard InChI is InChI=1S/C18H29N3O2.ClH/c1-3-20(4-2)11-12-23-17-9-10-21(14-17)18(22)16-7-5-15(13-19)6-8-16;/h5-8,17H,3-4,9-14,19H2,1-2H3;1H. The molecule has 2 rings (SSSR count). The van der Waals surface area contributed by atoms with Crippen LogP contribution in [0.3, 0.4) is 0 Å². The number of ether oxygens (including phenoxy) is 1. The summed E-state index contributed by atoms with van der Waals surface area (Å²) in [6.45, 7) is 10.1. The van der Waals surface area contributed by atoms with E-state index in [0.29, 0.717) is 13.1 Å². The van der Waals surface area contributed by atoms with Crippen LogP contribution in [0.5, 0.6) is 0 Å². The summed E-state index contributed by atoms with van der Waals surface area (Å²) in [4.78, 5) is 16.7. The number of likely N-dealkylation sites (tertiary alicyclic amines) is 1. The Morgan fingerprint density at radius 2 is 1.96 bits per heavy atom. The van der Waals surface area contributed by atoms with Gasteiger partial charge in [-0.05, 0) is 37.2 Å². The van der Waals surface area contributed by atoms with Crippen molar-refractivity contribution >= 4 is 18.3 Å². The van der Waals surface area contributed by atoms with Crippen molar-refractivity contribution in [1.82, 2.24) is 9.80 Å². The number of nitrogens with two attached hydrogens (primary N) is 1. The molecule has 1 amide bonds. The van der Waals surface area contributed by atoms with Crippen molar-refractivity contribution in [3.8, 4) is 0 Å². The molecule has 1 unspecified atom stereocenters. The van der Waals surface area contributed by atoms with E-state index in [-0.39, 0.29) is 24.4 Å². The third-order valence-corrected chi connectivity index (χ3v) is 4.52. The number of benzene rings is 1. The van der Waals surface area contributed by atoms with Gasteiger partial charge in [-0.3, -0.25) is 4.79 Å². The van der Waals surface area contributed by atoms with E-state index in [0.717, 1.165) is 50.3 Å². The van der Waals surface area contributed by atoms with E-state index in [1.54, 1.807) is 0 Å². The van der Waals surface area contributed by atoms with Crippen LogP contribution in [0.15, 0.2) is 24.3 Å². The summed E-state index contributed by atoms with van der Waals surface area (Å²) in [5.41, 5.74) is 7.36. The second-order valence-corrected chi connectivity index (χ2v) is 5.96. The number of hydrogen-bond donors (Lipinski definition) is 1. The van der Waals surface area contributed by atoms with Gasteiger partial charge in [-0.2, -0.15) is 0 Å². The molecule has 0 radical (unpaired) electrons. The zero-order chi connectivity index (χ0) is 16.7. The minimum atomic E-state index is 0. The van der Waals surface area contributed by atoms with Gasteiger partial charge < -0.3 is 20.3 Å². The van der Waals surface area contributed by atoms with Gasteiger partial charge >= 0.3 is 0 Å². The Kier molecular flexibility index (Phi) is 9.29. The Morgan fingerprint density at radius 3 is 2.54 bits per heavy atom. The predicted molar refractivity (Wildman–Crippen MR) is 99.6 cm³/mol. The molecule has 5 nitrogen and oxygen atoms in total. The van der Waals surface area contributed by atoms with Crippen molar-refractivity contribution in [3.05, 3.63) is 35.4 Å². The molecular formula is C18H30ClN3O2. The van der Waals surface area contributed by atoms with Crippen LogP contribution in [-0.4, -0.2) is 61.1 Å². The van der Waals surface area contributed by atoms with Crippen molar-refractivity contribution in [1.29, 1.82) is 0 Å². The Balaban J connectivity index is 0.00000288. The first-order chi connectivity index (χ1) is 11.2. The summed E-state index contributed by atoms with van der Waals surface area (Å²) in [7, 11) is 0. The largest absolute Gasteiger partial charge is 0.375 e. The normalized spacial score (nSPS) is 17.2. The van der Waals surface area contributed by atoms with Gasteiger partial charge in [-0.1, -0.05) is 26.0 Å². The van der Waals surface area contributed by atoms with E-state index in [2.05, 4.69) is 18.7 Å². The van der Waals surface area contributed by atoms with Crippen molar-refractivity contribution in [2.45, 2.75) is 32.9 Å². The topological polar surface area (TPSA) is 58.8 Å². The van der Waals surface area contributed by atoms with Gasteiger partial charge in [0.05, 0.1) is 12.7 Å². The number of nitrogens with zero attached hydrogens (tertiary/aromatic N) is 2. The van der Waals surface area contributed by atoms with Crippen LogP contribution < -0.4 is 5.73 Å². The van der Waals surface area contributed by atoms with Gasteiger partial charge in [-0.15, -0.1) is 12.4 Å². The molecule has 6 heteroatoms. The van der Waals surface area contributed by atoms with Crippen LogP contribution in [0, 0.1) is 0 Å². The summed E-state index contributed by atoms with van der Waals surface area (Å²) < 4.78 is 5.94. The van der Waals surface area contributed by atoms with Crippen LogP contribution in [-0.2, 0) is 11.3 Å². The Bertz CT molecular complexity index is 492. The second-order valence-electron chi connectivity index (χ2n) is 5.96. The zero-order valence-corrected chi connectivity index (χ0v) is 15.6. The van der Waals surface area contributed by atoms with E-state index in [1.807, 2.05) is 29.2 Å². The molecule has 1 heterocycles. The molecule has 0 aliphatic carbocycles. The molecule has 136 valence electrons. The van der Waals surface area contributed by atoms with Crippen molar-refractivity contribution in [2.75, 3.05) is 39.3 Å². The molecule has 0 aromatic heterocycles. The third-order valence-electron chi connectivity index (χ3n) is 4.52. The predicted octanol–water partition coefficient (Wildman–Crippen LogP) is 2.14. The fourth-order valence-electron chi connectivity index (χ4n) is 2.90. The molecule has 24 heavy (non-hydrogen) atoms. The fourth-order valence-corrected chi connectivity index (χ4v) is 2.90. The SMILES string of the molecule is CCN(CC)CCOC1CCN(C(=O)c2ccc(CN)cc2)C1.Cl. The van der Waals surface area contributed by atoms with Gasteiger partial charge in [0, 0.05) is 31.7 Å². The van der Waals surface area contributed by atoms with Crippen LogP contribution in [0.25, 0.3) is 0 Å². The minimum Gasteiger partial charge on any atom is -0.375 e. The molecule has 1 aliphatic heterocycles. The summed E-state index contributed by atoms with van der Waals surface area (Å²) >= 11 is 0. The van der Waals surface area contributed by atoms with E-state index < -0.39 is 0 Å². The lowest BCUT2D eigenvalue weighted by Gasteiger charge is -2.20. The monoisotopic (exact) mass is 355 g/mol. The van der Waals surface area contributed by atoms with Crippen LogP contribution in [0.2, 0.25) is 0 Å². The quantitative estimate of drug-likeness (QED) is 0.776. The van der Waals surface area contributed by atoms with E-state index >= 15 is 0 Å². The number of likely N-dealkylation sites (N-methyl/N-ethyl adjacent to an activating group) is 1. The highest BCUT2D eigenvalue weighted by Crippen LogP contribution is 2.16. The van der Waals surface area contributed by atoms with E-state index in [9.17, 15) is 4.79 Å². The molecule has 1 aromatic rings. The summed E-state index contributed by atoms with van der Waals surface area (Å²) in [6, 6.07) is 7.56. The molecule has 0 bridgehead atoms. The maximum absolute atomic E-state index is 12.5. The number of hydrogen-bond acceptors (Lipinski definition) is 4. The van der Waals surface area contributed by atoms with Crippen LogP contribution in [0.1, 0.15) is 36.2 Å². The fraction of sp³-hybridized carbons (Fsp3) is 0.611. The second kappa shape index (κ2) is 10.7. The van der Waals surface area contributed by atoms with E-state index in [1.165, 1.54) is 0 Å². The van der Waals surface area contributed by atoms with Crippen LogP contribution >= 0.6 is 12.4 Å². The lowest BCUT2D eigenvalue weighted by Crippen LogP contribution is -2.32. The first-order valence-corrected chi connectivity index (χ1v) is 8.60. The van der Waals surface area contributed by atoms with Crippen molar-refractivity contribution in [2.24, 2.45) is 5.73 Å². The Labute approximate surface area is 151 Å². The third kappa shape index (κ3) is 5.74. The average molecular weight is 356 g/mol. The smallest absolute Gasteiger partial charge is 0.253 e. The highest BCUT2D eigenvalue weighted by atomic mass is 35.5. The lowest BCUT2D eigenvalue weighted by atomic mass is 10.1. The molecule has 1 aromatic carbocycles. The molecule has 1 saturated heterocycles. The average Bonchev–Trinajstić information content (AvgIpc) is 3.07. The Morgan fingerprint density at radius 1 is 1.29 bits per heavy atom.